The summed E-state index contributed by atoms with van der Waals surface area (Å²) in [5.74, 6) is 0.396. The maximum absolute atomic E-state index is 12.9. The van der Waals surface area contributed by atoms with Crippen molar-refractivity contribution >= 4 is 33.4 Å². The number of carbonyl (C=O) groups excluding carboxylic acids is 1. The minimum Gasteiger partial charge on any atom is -0.425 e. The van der Waals surface area contributed by atoms with Crippen LogP contribution in [-0.4, -0.2) is 25.0 Å². The Morgan fingerprint density at radius 1 is 1.07 bits per heavy atom. The van der Waals surface area contributed by atoms with Crippen LogP contribution in [0.2, 0.25) is 0 Å². The van der Waals surface area contributed by atoms with Crippen LogP contribution in [0.4, 0.5) is 0 Å². The molecule has 8 nitrogen and oxygen atoms in total. The predicted octanol–water partition coefficient (Wildman–Crippen LogP) is 2.85. The van der Waals surface area contributed by atoms with Gasteiger partial charge in [0.05, 0.1) is 6.54 Å². The van der Waals surface area contributed by atoms with Crippen LogP contribution in [0, 0.1) is 0 Å². The number of ether oxygens (including phenoxy) is 1. The standard InChI is InChI=1S/C21H17BrN4O4/c1-24-18-17(19(28)25(2)21(24)29)26(11-13-5-3-7-15(22)9-13)20(23-18)30-16-8-4-6-14(10-16)12-27/h3-10,12H,11H2,1-2H3. The molecule has 0 aliphatic carbocycles. The van der Waals surface area contributed by atoms with E-state index in [0.29, 0.717) is 17.9 Å². The van der Waals surface area contributed by atoms with Gasteiger partial charge in [0.2, 0.25) is 0 Å². The van der Waals surface area contributed by atoms with Crippen molar-refractivity contribution in [2.75, 3.05) is 0 Å². The molecule has 0 bridgehead atoms. The van der Waals surface area contributed by atoms with Gasteiger partial charge in [-0.15, -0.1) is 0 Å². The molecule has 0 amide bonds. The molecule has 4 aromatic rings. The average Bonchev–Trinajstić information content (AvgIpc) is 3.09. The molecule has 4 rings (SSSR count). The van der Waals surface area contributed by atoms with Crippen molar-refractivity contribution in [3.63, 3.8) is 0 Å². The summed E-state index contributed by atoms with van der Waals surface area (Å²) in [7, 11) is 2.98. The summed E-state index contributed by atoms with van der Waals surface area (Å²) in [6.45, 7) is 0.298. The van der Waals surface area contributed by atoms with Crippen LogP contribution in [0.25, 0.3) is 11.2 Å². The van der Waals surface area contributed by atoms with Crippen LogP contribution in [0.3, 0.4) is 0 Å². The van der Waals surface area contributed by atoms with Crippen molar-refractivity contribution in [3.05, 3.63) is 85.0 Å². The minimum atomic E-state index is -0.478. The molecule has 2 heterocycles. The molecule has 0 saturated heterocycles. The summed E-state index contributed by atoms with van der Waals surface area (Å²) in [5, 5.41) is 0. The van der Waals surface area contributed by atoms with Crippen LogP contribution in [0.1, 0.15) is 15.9 Å². The number of aryl methyl sites for hydroxylation is 1. The lowest BCUT2D eigenvalue weighted by Crippen LogP contribution is -2.37. The van der Waals surface area contributed by atoms with E-state index in [1.54, 1.807) is 35.9 Å². The lowest BCUT2D eigenvalue weighted by atomic mass is 10.2. The van der Waals surface area contributed by atoms with Gasteiger partial charge in [-0.2, -0.15) is 4.98 Å². The summed E-state index contributed by atoms with van der Waals surface area (Å²) in [6.07, 6.45) is 0.719. The fourth-order valence-electron chi connectivity index (χ4n) is 3.23. The van der Waals surface area contributed by atoms with E-state index in [1.807, 2.05) is 24.3 Å². The van der Waals surface area contributed by atoms with Gasteiger partial charge < -0.3 is 4.74 Å². The number of aldehydes is 1. The number of imidazole rings is 1. The Morgan fingerprint density at radius 2 is 1.83 bits per heavy atom. The highest BCUT2D eigenvalue weighted by molar-refractivity contribution is 9.10. The Hall–Kier alpha value is -3.46. The Balaban J connectivity index is 1.95. The van der Waals surface area contributed by atoms with Crippen molar-refractivity contribution in [1.29, 1.82) is 0 Å². The highest BCUT2D eigenvalue weighted by Crippen LogP contribution is 2.26. The van der Waals surface area contributed by atoms with E-state index in [1.165, 1.54) is 11.6 Å². The van der Waals surface area contributed by atoms with Crippen LogP contribution in [0.15, 0.2) is 62.6 Å². The maximum atomic E-state index is 12.9. The van der Waals surface area contributed by atoms with Gasteiger partial charge in [0.15, 0.2) is 11.2 Å². The smallest absolute Gasteiger partial charge is 0.332 e. The second-order valence-corrected chi connectivity index (χ2v) is 7.70. The van der Waals surface area contributed by atoms with Crippen molar-refractivity contribution in [1.82, 2.24) is 18.7 Å². The highest BCUT2D eigenvalue weighted by atomic mass is 79.9. The largest absolute Gasteiger partial charge is 0.425 e. The monoisotopic (exact) mass is 468 g/mol. The second kappa shape index (κ2) is 7.75. The third-order valence-electron chi connectivity index (χ3n) is 4.75. The molecule has 0 radical (unpaired) electrons. The van der Waals surface area contributed by atoms with E-state index in [4.69, 9.17) is 4.74 Å². The van der Waals surface area contributed by atoms with Crippen LogP contribution in [0.5, 0.6) is 11.8 Å². The van der Waals surface area contributed by atoms with Crippen LogP contribution >= 0.6 is 15.9 Å². The Kier molecular flexibility index (Phi) is 5.13. The third-order valence-corrected chi connectivity index (χ3v) is 5.24. The highest BCUT2D eigenvalue weighted by Gasteiger charge is 2.21. The number of rotatable bonds is 5. The molecular weight excluding hydrogens is 452 g/mol. The Bertz CT molecular complexity index is 1400. The van der Waals surface area contributed by atoms with Gasteiger partial charge in [0.1, 0.15) is 12.0 Å². The topological polar surface area (TPSA) is 88.1 Å². The fourth-order valence-corrected chi connectivity index (χ4v) is 3.67. The van der Waals surface area contributed by atoms with Gasteiger partial charge in [0, 0.05) is 24.1 Å². The molecule has 0 aliphatic rings. The molecule has 30 heavy (non-hydrogen) atoms. The van der Waals surface area contributed by atoms with E-state index >= 15 is 0 Å². The number of fused-ring (bicyclic) bond motifs is 1. The lowest BCUT2D eigenvalue weighted by molar-refractivity contribution is 0.112. The second-order valence-electron chi connectivity index (χ2n) is 6.78. The number of halogens is 1. The van der Waals surface area contributed by atoms with Gasteiger partial charge >= 0.3 is 11.7 Å². The normalized spacial score (nSPS) is 11.0. The zero-order valence-corrected chi connectivity index (χ0v) is 17.8. The molecule has 0 fully saturated rings. The number of hydrogen-bond donors (Lipinski definition) is 0. The van der Waals surface area contributed by atoms with Gasteiger partial charge in [-0.25, -0.2) is 4.79 Å². The molecular formula is C21H17BrN4O4. The number of carbonyl (C=O) groups is 1. The molecule has 0 N–H and O–H groups in total. The first-order chi connectivity index (χ1) is 14.4. The first-order valence-electron chi connectivity index (χ1n) is 9.03. The van der Waals surface area contributed by atoms with Crippen LogP contribution < -0.4 is 16.0 Å². The number of hydrogen-bond acceptors (Lipinski definition) is 5. The third kappa shape index (κ3) is 3.48. The zero-order valence-electron chi connectivity index (χ0n) is 16.2. The van der Waals surface area contributed by atoms with Gasteiger partial charge in [-0.05, 0) is 29.8 Å². The molecule has 9 heteroatoms. The fraction of sp³-hybridized carbons (Fsp3) is 0.143. The van der Waals surface area contributed by atoms with E-state index in [2.05, 4.69) is 20.9 Å². The molecule has 2 aromatic carbocycles. The number of benzene rings is 2. The molecule has 0 aliphatic heterocycles. The Morgan fingerprint density at radius 3 is 2.57 bits per heavy atom. The minimum absolute atomic E-state index is 0.145. The van der Waals surface area contributed by atoms with Gasteiger partial charge in [-0.3, -0.25) is 23.3 Å². The van der Waals surface area contributed by atoms with E-state index in [9.17, 15) is 14.4 Å². The van der Waals surface area contributed by atoms with Crippen molar-refractivity contribution in [2.45, 2.75) is 6.54 Å². The van der Waals surface area contributed by atoms with Crippen molar-refractivity contribution < 1.29 is 9.53 Å². The maximum Gasteiger partial charge on any atom is 0.332 e. The summed E-state index contributed by atoms with van der Waals surface area (Å²) >= 11 is 3.45. The first-order valence-corrected chi connectivity index (χ1v) is 9.82. The zero-order chi connectivity index (χ0) is 21.4. The van der Waals surface area contributed by atoms with Crippen LogP contribution in [-0.2, 0) is 20.6 Å². The molecule has 0 atom stereocenters. The summed E-state index contributed by atoms with van der Waals surface area (Å²) in [6, 6.07) is 14.4. The average molecular weight is 469 g/mol. The molecule has 2 aromatic heterocycles. The summed E-state index contributed by atoms with van der Waals surface area (Å²) in [4.78, 5) is 40.8. The number of nitrogens with zero attached hydrogens (tertiary/aromatic N) is 4. The number of aromatic nitrogens is 4. The van der Waals surface area contributed by atoms with Crippen molar-refractivity contribution in [3.8, 4) is 11.8 Å². The summed E-state index contributed by atoms with van der Waals surface area (Å²) < 4.78 is 10.8. The van der Waals surface area contributed by atoms with Crippen molar-refractivity contribution in [2.24, 2.45) is 14.1 Å². The first kappa shape index (κ1) is 19.8. The quantitative estimate of drug-likeness (QED) is 0.420. The van der Waals surface area contributed by atoms with E-state index in [-0.39, 0.29) is 17.2 Å². The van der Waals surface area contributed by atoms with E-state index < -0.39 is 11.2 Å². The van der Waals surface area contributed by atoms with Gasteiger partial charge in [-0.1, -0.05) is 40.2 Å². The molecule has 152 valence electrons. The lowest BCUT2D eigenvalue weighted by Gasteiger charge is -2.11. The summed E-state index contributed by atoms with van der Waals surface area (Å²) in [5.41, 5.74) is 0.887. The SMILES string of the molecule is Cn1c(=O)c2c(nc(Oc3cccc(C=O)c3)n2Cc2cccc(Br)c2)n(C)c1=O. The molecule has 0 spiro atoms. The molecule has 0 saturated carbocycles. The molecule has 0 unspecified atom stereocenters. The predicted molar refractivity (Wildman–Crippen MR) is 115 cm³/mol. The Labute approximate surface area is 179 Å². The van der Waals surface area contributed by atoms with Gasteiger partial charge in [0.25, 0.3) is 5.56 Å². The van der Waals surface area contributed by atoms with E-state index in [0.717, 1.165) is 20.9 Å².